The minimum Gasteiger partial charge on any atom is -0.376 e. The highest BCUT2D eigenvalue weighted by molar-refractivity contribution is 5.75. The predicted octanol–water partition coefficient (Wildman–Crippen LogP) is 1.84. The van der Waals surface area contributed by atoms with Gasteiger partial charge in [-0.1, -0.05) is 19.3 Å². The van der Waals surface area contributed by atoms with Crippen molar-refractivity contribution in [1.82, 2.24) is 10.6 Å². The van der Waals surface area contributed by atoms with E-state index < -0.39 is 0 Å². The Bertz CT molecular complexity index is 259. The molecule has 2 rings (SSSR count). The molecule has 1 unspecified atom stereocenters. The maximum absolute atomic E-state index is 11.7. The highest BCUT2D eigenvalue weighted by Gasteiger charge is 2.16. The molecule has 2 fully saturated rings. The summed E-state index contributed by atoms with van der Waals surface area (Å²) in [5, 5.41) is 6.29. The van der Waals surface area contributed by atoms with E-state index >= 15 is 0 Å². The third-order valence-electron chi connectivity index (χ3n) is 4.27. The molecule has 0 aromatic heterocycles. The molecule has 1 atom stereocenters. The van der Waals surface area contributed by atoms with Gasteiger partial charge < -0.3 is 15.4 Å². The van der Waals surface area contributed by atoms with E-state index in [4.69, 9.17) is 4.74 Å². The lowest BCUT2D eigenvalue weighted by Gasteiger charge is -2.22. The van der Waals surface area contributed by atoms with E-state index in [2.05, 4.69) is 10.6 Å². The van der Waals surface area contributed by atoms with Crippen LogP contribution in [-0.4, -0.2) is 38.3 Å². The molecule has 0 aromatic rings. The van der Waals surface area contributed by atoms with Gasteiger partial charge in [0.1, 0.15) is 0 Å². The summed E-state index contributed by atoms with van der Waals surface area (Å²) in [6.07, 6.45) is 9.68. The molecule has 19 heavy (non-hydrogen) atoms. The molecule has 0 spiro atoms. The summed E-state index contributed by atoms with van der Waals surface area (Å²) < 4.78 is 5.79. The van der Waals surface area contributed by atoms with Crippen LogP contribution >= 0.6 is 0 Å². The Hall–Kier alpha value is -0.610. The normalized spacial score (nSPS) is 24.5. The van der Waals surface area contributed by atoms with Gasteiger partial charge in [-0.15, -0.1) is 0 Å². The standard InChI is InChI=1S/C15H28N2O2/c18-15(7-6-13-8-9-16-12-13)17-10-11-19-14-4-2-1-3-5-14/h13-14,16H,1-12H2,(H,17,18). The molecular weight excluding hydrogens is 240 g/mol. The van der Waals surface area contributed by atoms with E-state index in [0.717, 1.165) is 19.5 Å². The van der Waals surface area contributed by atoms with Crippen LogP contribution in [0.15, 0.2) is 0 Å². The largest absolute Gasteiger partial charge is 0.376 e. The van der Waals surface area contributed by atoms with Gasteiger partial charge >= 0.3 is 0 Å². The fourth-order valence-electron chi connectivity index (χ4n) is 3.03. The molecule has 4 heteroatoms. The van der Waals surface area contributed by atoms with Crippen LogP contribution in [0, 0.1) is 5.92 Å². The molecule has 1 aliphatic heterocycles. The minimum atomic E-state index is 0.180. The Morgan fingerprint density at radius 3 is 2.79 bits per heavy atom. The van der Waals surface area contributed by atoms with Crippen LogP contribution in [0.4, 0.5) is 0 Å². The van der Waals surface area contributed by atoms with Crippen LogP contribution < -0.4 is 10.6 Å². The highest BCUT2D eigenvalue weighted by atomic mass is 16.5. The van der Waals surface area contributed by atoms with Crippen molar-refractivity contribution >= 4 is 5.91 Å². The van der Waals surface area contributed by atoms with Gasteiger partial charge in [0.05, 0.1) is 12.7 Å². The molecule has 1 heterocycles. The number of hydrogen-bond donors (Lipinski definition) is 2. The maximum atomic E-state index is 11.7. The second-order valence-corrected chi connectivity index (χ2v) is 5.88. The van der Waals surface area contributed by atoms with Crippen LogP contribution in [0.2, 0.25) is 0 Å². The molecule has 1 aliphatic carbocycles. The number of nitrogens with one attached hydrogen (secondary N) is 2. The topological polar surface area (TPSA) is 50.4 Å². The second-order valence-electron chi connectivity index (χ2n) is 5.88. The number of rotatable bonds is 7. The molecule has 0 aromatic carbocycles. The third kappa shape index (κ3) is 5.91. The second kappa shape index (κ2) is 8.54. The Kier molecular flexibility index (Phi) is 6.65. The highest BCUT2D eigenvalue weighted by Crippen LogP contribution is 2.19. The Morgan fingerprint density at radius 2 is 2.05 bits per heavy atom. The number of amides is 1. The Balaban J connectivity index is 1.44. The summed E-state index contributed by atoms with van der Waals surface area (Å²) in [4.78, 5) is 11.7. The Morgan fingerprint density at radius 1 is 1.21 bits per heavy atom. The van der Waals surface area contributed by atoms with E-state index in [1.54, 1.807) is 0 Å². The third-order valence-corrected chi connectivity index (χ3v) is 4.27. The van der Waals surface area contributed by atoms with E-state index in [0.29, 0.717) is 31.6 Å². The van der Waals surface area contributed by atoms with Crippen LogP contribution in [0.1, 0.15) is 51.4 Å². The lowest BCUT2D eigenvalue weighted by Crippen LogP contribution is -2.29. The van der Waals surface area contributed by atoms with Crippen molar-refractivity contribution in [3.8, 4) is 0 Å². The quantitative estimate of drug-likeness (QED) is 0.693. The van der Waals surface area contributed by atoms with E-state index in [1.807, 2.05) is 0 Å². The van der Waals surface area contributed by atoms with Crippen molar-refractivity contribution < 1.29 is 9.53 Å². The first-order valence-electron chi connectivity index (χ1n) is 7.93. The van der Waals surface area contributed by atoms with E-state index in [-0.39, 0.29) is 5.91 Å². The smallest absolute Gasteiger partial charge is 0.220 e. The van der Waals surface area contributed by atoms with Gasteiger partial charge in [0.2, 0.25) is 5.91 Å². The zero-order valence-corrected chi connectivity index (χ0v) is 12.0. The summed E-state index contributed by atoms with van der Waals surface area (Å²) in [5.41, 5.74) is 0. The molecule has 110 valence electrons. The van der Waals surface area contributed by atoms with E-state index in [1.165, 1.54) is 38.5 Å². The van der Waals surface area contributed by atoms with Crippen molar-refractivity contribution in [3.63, 3.8) is 0 Å². The van der Waals surface area contributed by atoms with Gasteiger partial charge in [0.15, 0.2) is 0 Å². The fourth-order valence-corrected chi connectivity index (χ4v) is 3.03. The lowest BCUT2D eigenvalue weighted by atomic mass is 9.98. The Labute approximate surface area is 116 Å². The summed E-state index contributed by atoms with van der Waals surface area (Å²) >= 11 is 0. The van der Waals surface area contributed by atoms with Gasteiger partial charge in [-0.25, -0.2) is 0 Å². The molecule has 1 amide bonds. The first-order chi connectivity index (χ1) is 9.34. The van der Waals surface area contributed by atoms with Crippen molar-refractivity contribution in [1.29, 1.82) is 0 Å². The van der Waals surface area contributed by atoms with Gasteiger partial charge in [0.25, 0.3) is 0 Å². The summed E-state index contributed by atoms with van der Waals surface area (Å²) in [7, 11) is 0. The average Bonchev–Trinajstić information content (AvgIpc) is 2.96. The van der Waals surface area contributed by atoms with Gasteiger partial charge in [0, 0.05) is 13.0 Å². The molecule has 1 saturated heterocycles. The number of hydrogen-bond acceptors (Lipinski definition) is 3. The van der Waals surface area contributed by atoms with Crippen molar-refractivity contribution in [2.24, 2.45) is 5.92 Å². The van der Waals surface area contributed by atoms with E-state index in [9.17, 15) is 4.79 Å². The van der Waals surface area contributed by atoms with Crippen molar-refractivity contribution in [2.45, 2.75) is 57.5 Å². The molecule has 0 radical (unpaired) electrons. The van der Waals surface area contributed by atoms with Crippen molar-refractivity contribution in [3.05, 3.63) is 0 Å². The summed E-state index contributed by atoms with van der Waals surface area (Å²) in [6, 6.07) is 0. The van der Waals surface area contributed by atoms with Crippen LogP contribution in [0.5, 0.6) is 0 Å². The number of carbonyl (C=O) groups is 1. The maximum Gasteiger partial charge on any atom is 0.220 e. The summed E-state index contributed by atoms with van der Waals surface area (Å²) in [5.74, 6) is 0.878. The van der Waals surface area contributed by atoms with Crippen LogP contribution in [-0.2, 0) is 9.53 Å². The zero-order chi connectivity index (χ0) is 13.3. The minimum absolute atomic E-state index is 0.180. The molecular formula is C15H28N2O2. The number of ether oxygens (including phenoxy) is 1. The first-order valence-corrected chi connectivity index (χ1v) is 7.93. The zero-order valence-electron chi connectivity index (χ0n) is 12.0. The van der Waals surface area contributed by atoms with Gasteiger partial charge in [-0.05, 0) is 44.7 Å². The van der Waals surface area contributed by atoms with Crippen molar-refractivity contribution in [2.75, 3.05) is 26.2 Å². The lowest BCUT2D eigenvalue weighted by molar-refractivity contribution is -0.121. The average molecular weight is 268 g/mol. The van der Waals surface area contributed by atoms with Crippen LogP contribution in [0.25, 0.3) is 0 Å². The molecule has 0 bridgehead atoms. The van der Waals surface area contributed by atoms with Gasteiger partial charge in [-0.3, -0.25) is 4.79 Å². The molecule has 2 aliphatic rings. The predicted molar refractivity (Wildman–Crippen MR) is 76.0 cm³/mol. The first kappa shape index (κ1) is 14.8. The molecule has 1 saturated carbocycles. The SMILES string of the molecule is O=C(CCC1CCNC1)NCCOC1CCCCC1. The number of carbonyl (C=O) groups excluding carboxylic acids is 1. The molecule has 2 N–H and O–H groups in total. The van der Waals surface area contributed by atoms with Crippen LogP contribution in [0.3, 0.4) is 0 Å². The summed E-state index contributed by atoms with van der Waals surface area (Å²) in [6.45, 7) is 3.53. The fraction of sp³-hybridized carbons (Fsp3) is 0.933. The molecule has 4 nitrogen and oxygen atoms in total. The van der Waals surface area contributed by atoms with Gasteiger partial charge in [-0.2, -0.15) is 0 Å². The monoisotopic (exact) mass is 268 g/mol.